The zero-order valence-corrected chi connectivity index (χ0v) is 12.6. The van der Waals surface area contributed by atoms with E-state index in [9.17, 15) is 4.79 Å². The van der Waals surface area contributed by atoms with Crippen LogP contribution in [0.3, 0.4) is 0 Å². The molecule has 0 amide bonds. The predicted molar refractivity (Wildman–Crippen MR) is 71.6 cm³/mol. The molecule has 2 aromatic heterocycles. The maximum Gasteiger partial charge on any atom is 0.356 e. The van der Waals surface area contributed by atoms with Crippen LogP contribution in [0.4, 0.5) is 0 Å². The van der Waals surface area contributed by atoms with Crippen molar-refractivity contribution >= 4 is 49.2 Å². The molecule has 0 aliphatic heterocycles. The third kappa shape index (κ3) is 2.46. The van der Waals surface area contributed by atoms with E-state index in [2.05, 4.69) is 36.8 Å². The summed E-state index contributed by atoms with van der Waals surface area (Å²) in [6.07, 6.45) is 0.702. The Hall–Kier alpha value is -0.660. The number of hydrogen-bond acceptors (Lipinski definition) is 4. The molecular formula is C10H7Br2NO3S. The summed E-state index contributed by atoms with van der Waals surface area (Å²) in [5.74, 6) is -0.544. The van der Waals surface area contributed by atoms with Crippen LogP contribution in [0.2, 0.25) is 0 Å². The molecule has 1 N–H and O–H groups in total. The van der Waals surface area contributed by atoms with E-state index in [0.29, 0.717) is 21.7 Å². The molecule has 0 aromatic carbocycles. The Bertz CT molecular complexity index is 557. The van der Waals surface area contributed by atoms with Gasteiger partial charge in [0.05, 0.1) is 9.48 Å². The van der Waals surface area contributed by atoms with Crippen molar-refractivity contribution < 1.29 is 14.3 Å². The minimum Gasteiger partial charge on any atom is -0.476 e. The maximum atomic E-state index is 11.1. The molecule has 0 radical (unpaired) electrons. The standard InChI is InChI=1S/C10H7Br2NO3S/c1-2-6-13-7(10(14)15)8(17-6)5-3-4(11)9(12)16-5/h3H,2H2,1H3,(H,14,15). The van der Waals surface area contributed by atoms with E-state index in [4.69, 9.17) is 9.52 Å². The van der Waals surface area contributed by atoms with Gasteiger partial charge in [-0.05, 0) is 38.3 Å². The number of nitrogens with zero attached hydrogens (tertiary/aromatic N) is 1. The summed E-state index contributed by atoms with van der Waals surface area (Å²) in [5.41, 5.74) is 0.0422. The quantitative estimate of drug-likeness (QED) is 0.867. The average molecular weight is 381 g/mol. The summed E-state index contributed by atoms with van der Waals surface area (Å²) in [4.78, 5) is 15.7. The second-order valence-electron chi connectivity index (χ2n) is 3.18. The number of thiazole rings is 1. The zero-order chi connectivity index (χ0) is 12.6. The van der Waals surface area contributed by atoms with E-state index in [1.807, 2.05) is 6.92 Å². The molecule has 0 spiro atoms. The van der Waals surface area contributed by atoms with Crippen LogP contribution in [0, 0.1) is 0 Å². The normalized spacial score (nSPS) is 10.8. The number of rotatable bonds is 3. The Morgan fingerprint density at radius 3 is 2.76 bits per heavy atom. The van der Waals surface area contributed by atoms with Crippen molar-refractivity contribution in [1.29, 1.82) is 0 Å². The number of carboxylic acids is 1. The van der Waals surface area contributed by atoms with Crippen molar-refractivity contribution in [2.24, 2.45) is 0 Å². The van der Waals surface area contributed by atoms with Crippen LogP contribution in [0.5, 0.6) is 0 Å². The van der Waals surface area contributed by atoms with Gasteiger partial charge in [-0.2, -0.15) is 0 Å². The maximum absolute atomic E-state index is 11.1. The first-order chi connectivity index (χ1) is 8.02. The number of aromatic carboxylic acids is 1. The van der Waals surface area contributed by atoms with Gasteiger partial charge < -0.3 is 9.52 Å². The van der Waals surface area contributed by atoms with Crippen molar-refractivity contribution in [2.45, 2.75) is 13.3 Å². The van der Waals surface area contributed by atoms with Crippen LogP contribution in [0.1, 0.15) is 22.4 Å². The molecule has 0 aliphatic rings. The van der Waals surface area contributed by atoms with E-state index in [-0.39, 0.29) is 5.69 Å². The number of carboxylic acid groups (broad SMARTS) is 1. The summed E-state index contributed by atoms with van der Waals surface area (Å²) in [6, 6.07) is 1.73. The lowest BCUT2D eigenvalue weighted by molar-refractivity contribution is 0.0691. The van der Waals surface area contributed by atoms with Crippen LogP contribution >= 0.6 is 43.2 Å². The summed E-state index contributed by atoms with van der Waals surface area (Å²) in [7, 11) is 0. The number of halogens is 2. The molecule has 7 heteroatoms. The van der Waals surface area contributed by atoms with Crippen LogP contribution in [-0.4, -0.2) is 16.1 Å². The van der Waals surface area contributed by atoms with Gasteiger partial charge in [-0.25, -0.2) is 9.78 Å². The number of aromatic nitrogens is 1. The Labute approximate surface area is 118 Å². The van der Waals surface area contributed by atoms with Gasteiger partial charge in [0.2, 0.25) is 0 Å². The molecule has 0 atom stereocenters. The first-order valence-corrected chi connectivity index (χ1v) is 7.11. The monoisotopic (exact) mass is 379 g/mol. The summed E-state index contributed by atoms with van der Waals surface area (Å²) < 4.78 is 6.71. The average Bonchev–Trinajstić information content (AvgIpc) is 2.83. The molecule has 2 rings (SSSR count). The van der Waals surface area contributed by atoms with E-state index >= 15 is 0 Å². The highest BCUT2D eigenvalue weighted by Crippen LogP contribution is 2.37. The summed E-state index contributed by atoms with van der Waals surface area (Å²) in [5, 5.41) is 9.87. The van der Waals surface area contributed by atoms with Crippen molar-refractivity contribution in [3.63, 3.8) is 0 Å². The van der Waals surface area contributed by atoms with Gasteiger partial charge in [-0.3, -0.25) is 0 Å². The lowest BCUT2D eigenvalue weighted by Gasteiger charge is -1.92. The molecule has 2 heterocycles. The second kappa shape index (κ2) is 4.91. The fraction of sp³-hybridized carbons (Fsp3) is 0.200. The number of carbonyl (C=O) groups is 1. The molecule has 0 bridgehead atoms. The smallest absolute Gasteiger partial charge is 0.356 e. The van der Waals surface area contributed by atoms with Gasteiger partial charge in [0.25, 0.3) is 0 Å². The molecule has 17 heavy (non-hydrogen) atoms. The molecule has 90 valence electrons. The molecule has 0 saturated carbocycles. The van der Waals surface area contributed by atoms with Gasteiger partial charge in [0, 0.05) is 6.07 Å². The predicted octanol–water partition coefficient (Wildman–Crippen LogP) is 4.19. The molecule has 0 fully saturated rings. The van der Waals surface area contributed by atoms with Gasteiger partial charge in [-0.1, -0.05) is 6.92 Å². The van der Waals surface area contributed by atoms with Crippen molar-refractivity contribution in [3.8, 4) is 10.6 Å². The topological polar surface area (TPSA) is 63.3 Å². The highest BCUT2D eigenvalue weighted by molar-refractivity contribution is 9.13. The molecular weight excluding hydrogens is 374 g/mol. The van der Waals surface area contributed by atoms with Gasteiger partial charge in [0.1, 0.15) is 10.6 Å². The first kappa shape index (κ1) is 12.8. The van der Waals surface area contributed by atoms with E-state index in [1.165, 1.54) is 11.3 Å². The van der Waals surface area contributed by atoms with Gasteiger partial charge in [0.15, 0.2) is 10.4 Å². The van der Waals surface area contributed by atoms with Gasteiger partial charge >= 0.3 is 5.97 Å². The third-order valence-electron chi connectivity index (χ3n) is 2.05. The van der Waals surface area contributed by atoms with Crippen LogP contribution in [-0.2, 0) is 6.42 Å². The Morgan fingerprint density at radius 1 is 1.59 bits per heavy atom. The molecule has 0 aliphatic carbocycles. The summed E-state index contributed by atoms with van der Waals surface area (Å²) in [6.45, 7) is 1.93. The van der Waals surface area contributed by atoms with Crippen LogP contribution < -0.4 is 0 Å². The lowest BCUT2D eigenvalue weighted by atomic mass is 10.3. The van der Waals surface area contributed by atoms with E-state index < -0.39 is 5.97 Å². The molecule has 4 nitrogen and oxygen atoms in total. The largest absolute Gasteiger partial charge is 0.476 e. The third-order valence-corrected chi connectivity index (χ3v) is 4.97. The highest BCUT2D eigenvalue weighted by atomic mass is 79.9. The van der Waals surface area contributed by atoms with Crippen LogP contribution in [0.25, 0.3) is 10.6 Å². The minimum absolute atomic E-state index is 0.0422. The first-order valence-electron chi connectivity index (χ1n) is 4.71. The van der Waals surface area contributed by atoms with E-state index in [0.717, 1.165) is 9.48 Å². The Kier molecular flexibility index (Phi) is 3.70. The Balaban J connectivity index is 2.57. The van der Waals surface area contributed by atoms with Crippen molar-refractivity contribution in [1.82, 2.24) is 4.98 Å². The molecule has 2 aromatic rings. The van der Waals surface area contributed by atoms with Crippen molar-refractivity contribution in [2.75, 3.05) is 0 Å². The minimum atomic E-state index is -1.04. The molecule has 0 saturated heterocycles. The van der Waals surface area contributed by atoms with E-state index in [1.54, 1.807) is 6.07 Å². The number of hydrogen-bond donors (Lipinski definition) is 1. The zero-order valence-electron chi connectivity index (χ0n) is 8.66. The number of aryl methyl sites for hydroxylation is 1. The highest BCUT2D eigenvalue weighted by Gasteiger charge is 2.21. The number of furan rings is 1. The molecule has 0 unspecified atom stereocenters. The van der Waals surface area contributed by atoms with Crippen molar-refractivity contribution in [3.05, 3.63) is 25.9 Å². The lowest BCUT2D eigenvalue weighted by Crippen LogP contribution is -1.98. The second-order valence-corrected chi connectivity index (χ2v) is 5.83. The fourth-order valence-electron chi connectivity index (χ4n) is 1.29. The summed E-state index contributed by atoms with van der Waals surface area (Å²) >= 11 is 7.85. The fourth-order valence-corrected chi connectivity index (χ4v) is 2.81. The SMILES string of the molecule is CCc1nc(C(=O)O)c(-c2cc(Br)c(Br)o2)s1. The Morgan fingerprint density at radius 2 is 2.29 bits per heavy atom. The van der Waals surface area contributed by atoms with Gasteiger partial charge in [-0.15, -0.1) is 11.3 Å². The van der Waals surface area contributed by atoms with Crippen LogP contribution in [0.15, 0.2) is 19.6 Å².